The highest BCUT2D eigenvalue weighted by atomic mass is 79.9. The van der Waals surface area contributed by atoms with E-state index in [1.165, 1.54) is 6.92 Å². The first kappa shape index (κ1) is 14.7. The zero-order valence-corrected chi connectivity index (χ0v) is 12.1. The molecule has 0 saturated carbocycles. The van der Waals surface area contributed by atoms with E-state index in [2.05, 4.69) is 26.3 Å². The normalized spacial score (nSPS) is 12.2. The van der Waals surface area contributed by atoms with Gasteiger partial charge in [0.25, 0.3) is 0 Å². The van der Waals surface area contributed by atoms with Crippen molar-refractivity contribution in [2.45, 2.75) is 32.7 Å². The number of nitrogens with one attached hydrogen (secondary N) is 1. The number of hydrogen-bond donors (Lipinski definition) is 2. The number of nitrogens with zero attached hydrogens (tertiary/aromatic N) is 2. The number of aryl methyl sites for hydroxylation is 2. The summed E-state index contributed by atoms with van der Waals surface area (Å²) in [6, 6.07) is -0.945. The highest BCUT2D eigenvalue weighted by Crippen LogP contribution is 2.22. The van der Waals surface area contributed by atoms with E-state index in [9.17, 15) is 9.59 Å². The predicted octanol–water partition coefficient (Wildman–Crippen LogP) is 0.877. The molecule has 1 atom stereocenters. The largest absolute Gasteiger partial charge is 0.480 e. The number of carbonyl (C=O) groups is 2. The van der Waals surface area contributed by atoms with E-state index in [0.29, 0.717) is 0 Å². The summed E-state index contributed by atoms with van der Waals surface area (Å²) in [5.41, 5.74) is 1.63. The van der Waals surface area contributed by atoms with Crippen molar-refractivity contribution >= 4 is 27.8 Å². The summed E-state index contributed by atoms with van der Waals surface area (Å²) < 4.78 is 2.45. The number of rotatable bonds is 5. The standard InChI is InChI=1S/C11H16BrN3O3/c1-4-7-10(12)9(15(3)14-7)5-8(11(17)18)13-6(2)16/h8H,4-5H2,1-3H3,(H,13,16)(H,17,18). The van der Waals surface area contributed by atoms with Gasteiger partial charge >= 0.3 is 5.97 Å². The molecule has 2 N–H and O–H groups in total. The summed E-state index contributed by atoms with van der Waals surface area (Å²) in [6.45, 7) is 3.27. The lowest BCUT2D eigenvalue weighted by Gasteiger charge is -2.13. The zero-order chi connectivity index (χ0) is 13.9. The molecule has 18 heavy (non-hydrogen) atoms. The van der Waals surface area contributed by atoms with Crippen LogP contribution in [0.25, 0.3) is 0 Å². The van der Waals surface area contributed by atoms with Crippen LogP contribution in [-0.2, 0) is 29.5 Å². The minimum Gasteiger partial charge on any atom is -0.480 e. The molecule has 1 aromatic rings. The topological polar surface area (TPSA) is 84.2 Å². The van der Waals surface area contributed by atoms with Crippen molar-refractivity contribution in [1.82, 2.24) is 15.1 Å². The fraction of sp³-hybridized carbons (Fsp3) is 0.545. The monoisotopic (exact) mass is 317 g/mol. The van der Waals surface area contributed by atoms with Gasteiger partial charge in [0, 0.05) is 20.4 Å². The van der Waals surface area contributed by atoms with Gasteiger partial charge in [-0.3, -0.25) is 9.48 Å². The first-order valence-electron chi connectivity index (χ1n) is 5.57. The average Bonchev–Trinajstić information content (AvgIpc) is 2.54. The first-order chi connectivity index (χ1) is 8.36. The van der Waals surface area contributed by atoms with E-state index in [1.54, 1.807) is 11.7 Å². The number of halogens is 1. The third kappa shape index (κ3) is 3.32. The van der Waals surface area contributed by atoms with Gasteiger partial charge in [-0.1, -0.05) is 6.92 Å². The molecule has 1 amide bonds. The lowest BCUT2D eigenvalue weighted by Crippen LogP contribution is -2.41. The second kappa shape index (κ2) is 5.99. The van der Waals surface area contributed by atoms with E-state index in [-0.39, 0.29) is 12.3 Å². The lowest BCUT2D eigenvalue weighted by atomic mass is 10.1. The third-order valence-electron chi connectivity index (χ3n) is 2.58. The van der Waals surface area contributed by atoms with E-state index in [1.807, 2.05) is 6.92 Å². The Kier molecular flexibility index (Phi) is 4.89. The van der Waals surface area contributed by atoms with Gasteiger partial charge in [0.2, 0.25) is 5.91 Å². The summed E-state index contributed by atoms with van der Waals surface area (Å²) in [4.78, 5) is 22.1. The Balaban J connectivity index is 2.97. The summed E-state index contributed by atoms with van der Waals surface area (Å²) >= 11 is 3.42. The van der Waals surface area contributed by atoms with Crippen LogP contribution in [0, 0.1) is 0 Å². The average molecular weight is 318 g/mol. The Hall–Kier alpha value is -1.37. The number of carboxylic acids is 1. The van der Waals surface area contributed by atoms with Crippen LogP contribution in [0.4, 0.5) is 0 Å². The van der Waals surface area contributed by atoms with Crippen LogP contribution in [0.15, 0.2) is 4.47 Å². The maximum Gasteiger partial charge on any atom is 0.326 e. The number of hydrogen-bond acceptors (Lipinski definition) is 3. The van der Waals surface area contributed by atoms with Gasteiger partial charge in [-0.2, -0.15) is 5.10 Å². The van der Waals surface area contributed by atoms with Crippen LogP contribution in [0.5, 0.6) is 0 Å². The Morgan fingerprint density at radius 1 is 1.56 bits per heavy atom. The maximum absolute atomic E-state index is 11.1. The molecule has 1 unspecified atom stereocenters. The van der Waals surface area contributed by atoms with Crippen LogP contribution in [-0.4, -0.2) is 32.8 Å². The van der Waals surface area contributed by atoms with Crippen LogP contribution in [0.2, 0.25) is 0 Å². The Morgan fingerprint density at radius 3 is 2.56 bits per heavy atom. The number of aromatic nitrogens is 2. The molecule has 1 aromatic heterocycles. The van der Waals surface area contributed by atoms with Crippen LogP contribution < -0.4 is 5.32 Å². The molecule has 0 aliphatic carbocycles. The van der Waals surface area contributed by atoms with E-state index in [0.717, 1.165) is 22.3 Å². The number of aliphatic carboxylic acids is 1. The molecule has 0 aliphatic rings. The maximum atomic E-state index is 11.1. The summed E-state index contributed by atoms with van der Waals surface area (Å²) in [5, 5.41) is 15.8. The molecule has 0 aromatic carbocycles. The van der Waals surface area contributed by atoms with Crippen molar-refractivity contribution in [3.63, 3.8) is 0 Å². The van der Waals surface area contributed by atoms with Gasteiger partial charge < -0.3 is 10.4 Å². The van der Waals surface area contributed by atoms with Crippen molar-refractivity contribution in [3.05, 3.63) is 15.9 Å². The fourth-order valence-corrected chi connectivity index (χ4v) is 2.46. The van der Waals surface area contributed by atoms with Gasteiger partial charge in [0.15, 0.2) is 0 Å². The molecule has 0 saturated heterocycles. The van der Waals surface area contributed by atoms with Crippen molar-refractivity contribution in [2.75, 3.05) is 0 Å². The van der Waals surface area contributed by atoms with Crippen molar-refractivity contribution < 1.29 is 14.7 Å². The van der Waals surface area contributed by atoms with Gasteiger partial charge in [-0.05, 0) is 22.4 Å². The summed E-state index contributed by atoms with van der Waals surface area (Å²) in [7, 11) is 1.76. The second-order valence-corrected chi connectivity index (χ2v) is 4.77. The quantitative estimate of drug-likeness (QED) is 0.844. The molecule has 0 fully saturated rings. The fourth-order valence-electron chi connectivity index (χ4n) is 1.68. The van der Waals surface area contributed by atoms with Crippen LogP contribution in [0.1, 0.15) is 25.2 Å². The zero-order valence-electron chi connectivity index (χ0n) is 10.5. The molecule has 0 aliphatic heterocycles. The predicted molar refractivity (Wildman–Crippen MR) is 69.2 cm³/mol. The lowest BCUT2D eigenvalue weighted by molar-refractivity contribution is -0.141. The van der Waals surface area contributed by atoms with E-state index >= 15 is 0 Å². The molecule has 0 bridgehead atoms. The highest BCUT2D eigenvalue weighted by Gasteiger charge is 2.23. The van der Waals surface area contributed by atoms with E-state index in [4.69, 9.17) is 5.11 Å². The van der Waals surface area contributed by atoms with Gasteiger partial charge in [-0.15, -0.1) is 0 Å². The molecule has 7 heteroatoms. The molecule has 0 radical (unpaired) electrons. The number of carbonyl (C=O) groups excluding carboxylic acids is 1. The molecular formula is C11H16BrN3O3. The Bertz CT molecular complexity index is 470. The van der Waals surface area contributed by atoms with Crippen LogP contribution >= 0.6 is 15.9 Å². The number of amides is 1. The van der Waals surface area contributed by atoms with Gasteiger partial charge in [-0.25, -0.2) is 4.79 Å². The first-order valence-corrected chi connectivity index (χ1v) is 6.36. The Labute approximate surface area is 113 Å². The molecule has 100 valence electrons. The molecule has 1 rings (SSSR count). The van der Waals surface area contributed by atoms with Crippen molar-refractivity contribution in [2.24, 2.45) is 7.05 Å². The van der Waals surface area contributed by atoms with Crippen molar-refractivity contribution in [3.8, 4) is 0 Å². The molecular weight excluding hydrogens is 302 g/mol. The molecule has 0 spiro atoms. The molecule has 6 nitrogen and oxygen atoms in total. The Morgan fingerprint density at radius 2 is 2.17 bits per heavy atom. The minimum absolute atomic E-state index is 0.193. The molecule has 1 heterocycles. The minimum atomic E-state index is -1.06. The summed E-state index contributed by atoms with van der Waals surface area (Å²) in [6.07, 6.45) is 0.950. The second-order valence-electron chi connectivity index (χ2n) is 3.98. The van der Waals surface area contributed by atoms with Gasteiger partial charge in [0.05, 0.1) is 15.9 Å². The van der Waals surface area contributed by atoms with Crippen LogP contribution in [0.3, 0.4) is 0 Å². The van der Waals surface area contributed by atoms with E-state index < -0.39 is 12.0 Å². The smallest absolute Gasteiger partial charge is 0.326 e. The highest BCUT2D eigenvalue weighted by molar-refractivity contribution is 9.10. The third-order valence-corrected chi connectivity index (χ3v) is 3.49. The van der Waals surface area contributed by atoms with Gasteiger partial charge in [0.1, 0.15) is 6.04 Å². The SMILES string of the molecule is CCc1nn(C)c(CC(NC(C)=O)C(=O)O)c1Br. The number of carboxylic acid groups (broad SMARTS) is 1. The van der Waals surface area contributed by atoms with Crippen molar-refractivity contribution in [1.29, 1.82) is 0 Å². The summed E-state index contributed by atoms with van der Waals surface area (Å²) in [5.74, 6) is -1.42.